The second-order valence-electron chi connectivity index (χ2n) is 8.07. The number of fused-ring (bicyclic) bond motifs is 1. The van der Waals surface area contributed by atoms with Crippen LogP contribution in [-0.4, -0.2) is 40.7 Å². The molecule has 0 unspecified atom stereocenters. The first-order valence-electron chi connectivity index (χ1n) is 11.2. The number of para-hydroxylation sites is 1. The molecule has 0 amide bonds. The Morgan fingerprint density at radius 1 is 0.944 bits per heavy atom. The van der Waals surface area contributed by atoms with E-state index < -0.39 is 5.56 Å². The van der Waals surface area contributed by atoms with Crippen molar-refractivity contribution in [3.8, 4) is 28.9 Å². The zero-order chi connectivity index (χ0) is 25.7. The molecule has 4 aromatic rings. The molecule has 0 spiro atoms. The predicted molar refractivity (Wildman–Crippen MR) is 140 cm³/mol. The predicted octanol–water partition coefficient (Wildman–Crippen LogP) is 4.54. The van der Waals surface area contributed by atoms with E-state index in [-0.39, 0.29) is 23.9 Å². The number of phenolic OH excluding ortho intramolecular Hbond substituents is 2. The molecule has 4 rings (SSSR count). The van der Waals surface area contributed by atoms with Crippen LogP contribution in [0.2, 0.25) is 0 Å². The minimum atomic E-state index is -0.406. The molecule has 0 aliphatic carbocycles. The Morgan fingerprint density at radius 3 is 2.50 bits per heavy atom. The Hall–Kier alpha value is -4.72. The van der Waals surface area contributed by atoms with Gasteiger partial charge in [0.2, 0.25) is 5.88 Å². The normalized spacial score (nSPS) is 11.5. The number of methoxy groups -OCH3 is 2. The number of aliphatic imine (C=N–C) groups is 1. The van der Waals surface area contributed by atoms with Crippen LogP contribution in [0.3, 0.4) is 0 Å². The van der Waals surface area contributed by atoms with Crippen molar-refractivity contribution < 1.29 is 24.8 Å². The zero-order valence-corrected chi connectivity index (χ0v) is 19.9. The first kappa shape index (κ1) is 24.4. The molecule has 184 valence electrons. The second-order valence-corrected chi connectivity index (χ2v) is 8.07. The van der Waals surface area contributed by atoms with Crippen molar-refractivity contribution in [1.29, 1.82) is 0 Å². The third-order valence-corrected chi connectivity index (χ3v) is 5.75. The summed E-state index contributed by atoms with van der Waals surface area (Å²) in [6, 6.07) is 15.6. The van der Waals surface area contributed by atoms with E-state index in [2.05, 4.69) is 9.98 Å². The van der Waals surface area contributed by atoms with Crippen molar-refractivity contribution in [2.45, 2.75) is 13.0 Å². The highest BCUT2D eigenvalue weighted by Crippen LogP contribution is 2.30. The fourth-order valence-electron chi connectivity index (χ4n) is 3.88. The second kappa shape index (κ2) is 10.7. The lowest BCUT2D eigenvalue weighted by Gasteiger charge is -2.07. The number of ether oxygens (including phenoxy) is 2. The summed E-state index contributed by atoms with van der Waals surface area (Å²) in [6.45, 7) is 0.251. The SMILES string of the molecule is COc1ccc(CN=Cc2c(O)[nH]c(=O)c3ccc(/C=C/Cc4cccc(OC)c4O)cc23)cc1O. The molecule has 0 atom stereocenters. The summed E-state index contributed by atoms with van der Waals surface area (Å²) in [7, 11) is 2.98. The maximum Gasteiger partial charge on any atom is 0.258 e. The van der Waals surface area contributed by atoms with Gasteiger partial charge in [-0.05, 0) is 47.9 Å². The number of phenols is 2. The number of hydrogen-bond acceptors (Lipinski definition) is 7. The van der Waals surface area contributed by atoms with Crippen molar-refractivity contribution in [2.75, 3.05) is 14.2 Å². The molecule has 0 aliphatic heterocycles. The summed E-state index contributed by atoms with van der Waals surface area (Å²) < 4.78 is 10.2. The molecule has 1 heterocycles. The van der Waals surface area contributed by atoms with Crippen LogP contribution >= 0.6 is 0 Å². The highest BCUT2D eigenvalue weighted by Gasteiger charge is 2.10. The number of pyridine rings is 1. The number of nitrogens with one attached hydrogen (secondary N) is 1. The maximum absolute atomic E-state index is 12.4. The zero-order valence-electron chi connectivity index (χ0n) is 19.9. The third kappa shape index (κ3) is 5.17. The molecular formula is C28H26N2O6. The number of aromatic hydroxyl groups is 3. The number of aromatic amines is 1. The van der Waals surface area contributed by atoms with Gasteiger partial charge in [0.05, 0.1) is 26.3 Å². The summed E-state index contributed by atoms with van der Waals surface area (Å²) in [4.78, 5) is 19.2. The van der Waals surface area contributed by atoms with Gasteiger partial charge < -0.3 is 24.8 Å². The van der Waals surface area contributed by atoms with Crippen molar-refractivity contribution in [1.82, 2.24) is 4.98 Å². The molecule has 0 fully saturated rings. The summed E-state index contributed by atoms with van der Waals surface area (Å²) in [5.74, 6) is 0.616. The Kier molecular flexibility index (Phi) is 7.25. The van der Waals surface area contributed by atoms with E-state index in [9.17, 15) is 20.1 Å². The smallest absolute Gasteiger partial charge is 0.258 e. The van der Waals surface area contributed by atoms with Crippen LogP contribution in [0, 0.1) is 0 Å². The van der Waals surface area contributed by atoms with Crippen LogP contribution in [0.4, 0.5) is 0 Å². The average Bonchev–Trinajstić information content (AvgIpc) is 2.87. The number of benzene rings is 3. The molecule has 3 aromatic carbocycles. The summed E-state index contributed by atoms with van der Waals surface area (Å²) in [6.07, 6.45) is 5.74. The molecule has 1 aromatic heterocycles. The number of rotatable bonds is 8. The highest BCUT2D eigenvalue weighted by molar-refractivity contribution is 6.02. The maximum atomic E-state index is 12.4. The number of H-pyrrole nitrogens is 1. The molecule has 0 aliphatic rings. The van der Waals surface area contributed by atoms with E-state index in [1.54, 1.807) is 42.5 Å². The first-order chi connectivity index (χ1) is 17.4. The minimum Gasteiger partial charge on any atom is -0.504 e. The Labute approximate surface area is 207 Å². The van der Waals surface area contributed by atoms with Crippen molar-refractivity contribution in [3.63, 3.8) is 0 Å². The molecule has 4 N–H and O–H groups in total. The molecule has 0 saturated heterocycles. The Morgan fingerprint density at radius 2 is 1.75 bits per heavy atom. The van der Waals surface area contributed by atoms with E-state index in [1.165, 1.54) is 20.4 Å². The molecule has 0 saturated carbocycles. The van der Waals surface area contributed by atoms with Gasteiger partial charge in [0.15, 0.2) is 23.0 Å². The average molecular weight is 487 g/mol. The lowest BCUT2D eigenvalue weighted by atomic mass is 10.0. The van der Waals surface area contributed by atoms with Crippen LogP contribution in [0.5, 0.6) is 28.9 Å². The Balaban J connectivity index is 1.60. The van der Waals surface area contributed by atoms with Crippen LogP contribution in [-0.2, 0) is 13.0 Å². The summed E-state index contributed by atoms with van der Waals surface area (Å²) in [5.41, 5.74) is 2.25. The van der Waals surface area contributed by atoms with E-state index >= 15 is 0 Å². The van der Waals surface area contributed by atoms with E-state index in [1.807, 2.05) is 24.3 Å². The van der Waals surface area contributed by atoms with Gasteiger partial charge in [0.1, 0.15) is 0 Å². The fraction of sp³-hybridized carbons (Fsp3) is 0.143. The van der Waals surface area contributed by atoms with Gasteiger partial charge in [-0.2, -0.15) is 0 Å². The fourth-order valence-corrected chi connectivity index (χ4v) is 3.88. The Bertz CT molecular complexity index is 1520. The standard InChI is InChI=1S/C28H26N2O6/c1-35-24-12-10-18(14-23(24)31)15-29-16-22-21-13-17(9-11-20(21)27(33)30-28(22)34)5-3-6-19-7-4-8-25(36-2)26(19)32/h3-5,7-14,16,31-32H,6,15H2,1-2H3,(H2,30,33,34)/b5-3+,29-16?. The largest absolute Gasteiger partial charge is 0.504 e. The number of hydrogen-bond donors (Lipinski definition) is 4. The topological polar surface area (TPSA) is 124 Å². The van der Waals surface area contributed by atoms with Gasteiger partial charge in [-0.3, -0.25) is 14.8 Å². The summed E-state index contributed by atoms with van der Waals surface area (Å²) >= 11 is 0. The number of aromatic nitrogens is 1. The number of allylic oxidation sites excluding steroid dienone is 1. The van der Waals surface area contributed by atoms with Crippen LogP contribution < -0.4 is 15.0 Å². The monoisotopic (exact) mass is 486 g/mol. The molecule has 36 heavy (non-hydrogen) atoms. The molecule has 0 radical (unpaired) electrons. The van der Waals surface area contributed by atoms with Crippen molar-refractivity contribution >= 4 is 23.1 Å². The first-order valence-corrected chi connectivity index (χ1v) is 11.2. The lowest BCUT2D eigenvalue weighted by Crippen LogP contribution is -2.08. The van der Waals surface area contributed by atoms with Crippen molar-refractivity contribution in [3.05, 3.63) is 93.3 Å². The van der Waals surface area contributed by atoms with Crippen LogP contribution in [0.15, 0.2) is 70.5 Å². The third-order valence-electron chi connectivity index (χ3n) is 5.75. The lowest BCUT2D eigenvalue weighted by molar-refractivity contribution is 0.371. The highest BCUT2D eigenvalue weighted by atomic mass is 16.5. The molecular weight excluding hydrogens is 460 g/mol. The summed E-state index contributed by atoms with van der Waals surface area (Å²) in [5, 5.41) is 31.6. The molecule has 8 heteroatoms. The van der Waals surface area contributed by atoms with Gasteiger partial charge in [0.25, 0.3) is 5.56 Å². The van der Waals surface area contributed by atoms with Gasteiger partial charge in [-0.1, -0.05) is 36.4 Å². The van der Waals surface area contributed by atoms with Crippen molar-refractivity contribution in [2.24, 2.45) is 4.99 Å². The van der Waals surface area contributed by atoms with Gasteiger partial charge in [-0.25, -0.2) is 0 Å². The van der Waals surface area contributed by atoms with Gasteiger partial charge in [-0.15, -0.1) is 0 Å². The number of nitrogens with zero attached hydrogens (tertiary/aromatic N) is 1. The van der Waals surface area contributed by atoms with Crippen LogP contribution in [0.25, 0.3) is 16.8 Å². The van der Waals surface area contributed by atoms with Gasteiger partial charge >= 0.3 is 0 Å². The molecule has 8 nitrogen and oxygen atoms in total. The van der Waals surface area contributed by atoms with E-state index in [0.29, 0.717) is 34.3 Å². The van der Waals surface area contributed by atoms with E-state index in [0.717, 1.165) is 16.7 Å². The minimum absolute atomic E-state index is 0.0150. The van der Waals surface area contributed by atoms with E-state index in [4.69, 9.17) is 9.47 Å². The van der Waals surface area contributed by atoms with Gasteiger partial charge in [0, 0.05) is 22.6 Å². The van der Waals surface area contributed by atoms with Crippen LogP contribution in [0.1, 0.15) is 22.3 Å². The molecule has 0 bridgehead atoms. The quantitative estimate of drug-likeness (QED) is 0.271.